The molecule has 1 atom stereocenters. The summed E-state index contributed by atoms with van der Waals surface area (Å²) in [4.78, 5) is 25.0. The minimum absolute atomic E-state index is 0.0202. The van der Waals surface area contributed by atoms with Gasteiger partial charge in [-0.1, -0.05) is 23.7 Å². The summed E-state index contributed by atoms with van der Waals surface area (Å²) < 4.78 is 25.9. The van der Waals surface area contributed by atoms with Crippen LogP contribution >= 0.6 is 11.6 Å². The number of anilines is 1. The third kappa shape index (κ3) is 2.71. The number of benzene rings is 2. The molecule has 1 heterocycles. The Balaban J connectivity index is 1.97. The van der Waals surface area contributed by atoms with Crippen LogP contribution in [0.1, 0.15) is 10.4 Å². The maximum atomic E-state index is 12.6. The molecule has 0 radical (unpaired) electrons. The number of likely N-dealkylation sites (N-methyl/N-ethyl adjacent to an activating group) is 1. The lowest BCUT2D eigenvalue weighted by Crippen LogP contribution is -2.53. The van der Waals surface area contributed by atoms with Crippen LogP contribution in [0.3, 0.4) is 0 Å². The van der Waals surface area contributed by atoms with Crippen LogP contribution in [0.5, 0.6) is 0 Å². The van der Waals surface area contributed by atoms with Crippen molar-refractivity contribution >= 4 is 39.0 Å². The van der Waals surface area contributed by atoms with Crippen LogP contribution in [0.2, 0.25) is 5.02 Å². The van der Waals surface area contributed by atoms with Crippen molar-refractivity contribution < 1.29 is 18.0 Å². The molecule has 0 saturated heterocycles. The summed E-state index contributed by atoms with van der Waals surface area (Å²) in [5.74, 6) is -1.28. The summed E-state index contributed by atoms with van der Waals surface area (Å²) in [6, 6.07) is 10.7. The predicted octanol–water partition coefficient (Wildman–Crippen LogP) is 2.16. The number of sulfonamides is 1. The fraction of sp³-hybridized carbons (Fsp3) is 0.125. The zero-order chi connectivity index (χ0) is 17.5. The van der Waals surface area contributed by atoms with Crippen molar-refractivity contribution in [3.05, 3.63) is 59.1 Å². The summed E-state index contributed by atoms with van der Waals surface area (Å²) in [5.41, 5.74) is 0.439. The van der Waals surface area contributed by atoms with Gasteiger partial charge in [0.1, 0.15) is 0 Å². The van der Waals surface area contributed by atoms with Crippen LogP contribution in [0.25, 0.3) is 0 Å². The van der Waals surface area contributed by atoms with Gasteiger partial charge in [0.2, 0.25) is 10.0 Å². The number of fused-ring (bicyclic) bond motifs is 1. The Morgan fingerprint density at radius 2 is 1.75 bits per heavy atom. The average Bonchev–Trinajstić information content (AvgIpc) is 2.56. The number of hydrogen-bond donors (Lipinski definition) is 1. The Morgan fingerprint density at radius 3 is 2.42 bits per heavy atom. The average molecular weight is 365 g/mol. The molecule has 1 N–H and O–H groups in total. The maximum Gasteiger partial charge on any atom is 0.250 e. The number of amides is 1. The Hall–Kier alpha value is -2.22. The molecule has 1 amide bonds. The van der Waals surface area contributed by atoms with Gasteiger partial charge in [-0.15, -0.1) is 0 Å². The zero-order valence-electron chi connectivity index (χ0n) is 12.6. The second kappa shape index (κ2) is 6.01. The van der Waals surface area contributed by atoms with Crippen LogP contribution in [0, 0.1) is 0 Å². The molecule has 1 unspecified atom stereocenters. The van der Waals surface area contributed by atoms with Gasteiger partial charge in [-0.2, -0.15) is 4.31 Å². The van der Waals surface area contributed by atoms with Gasteiger partial charge in [-0.3, -0.25) is 9.59 Å². The summed E-state index contributed by atoms with van der Waals surface area (Å²) in [5, 5.41) is 3.04. The highest BCUT2D eigenvalue weighted by molar-refractivity contribution is 7.89. The molecule has 0 saturated carbocycles. The predicted molar refractivity (Wildman–Crippen MR) is 89.6 cm³/mol. The Labute approximate surface area is 144 Å². The van der Waals surface area contributed by atoms with Crippen molar-refractivity contribution in [2.45, 2.75) is 10.9 Å². The number of Topliss-reactive ketones (excluding diaryl/α,β-unsaturated/α-hetero) is 1. The van der Waals surface area contributed by atoms with E-state index in [4.69, 9.17) is 11.6 Å². The van der Waals surface area contributed by atoms with E-state index in [9.17, 15) is 18.0 Å². The first kappa shape index (κ1) is 16.6. The molecule has 8 heteroatoms. The number of hydrogen-bond acceptors (Lipinski definition) is 4. The SMILES string of the molecule is CN1C(C(=O)Nc2ccc(Cl)cc2)C(=O)c2ccccc2S1(=O)=O. The quantitative estimate of drug-likeness (QED) is 0.828. The molecule has 0 fully saturated rings. The van der Waals surface area contributed by atoms with Crippen molar-refractivity contribution in [1.29, 1.82) is 0 Å². The van der Waals surface area contributed by atoms with Crippen LogP contribution < -0.4 is 5.32 Å². The highest BCUT2D eigenvalue weighted by Gasteiger charge is 2.45. The number of rotatable bonds is 2. The van der Waals surface area contributed by atoms with E-state index in [1.807, 2.05) is 0 Å². The van der Waals surface area contributed by atoms with E-state index in [0.29, 0.717) is 10.7 Å². The molecule has 0 aliphatic carbocycles. The fourth-order valence-electron chi connectivity index (χ4n) is 2.53. The summed E-state index contributed by atoms with van der Waals surface area (Å²) >= 11 is 5.78. The van der Waals surface area contributed by atoms with Gasteiger partial charge in [-0.05, 0) is 36.4 Å². The molecule has 0 aromatic heterocycles. The van der Waals surface area contributed by atoms with Crippen molar-refractivity contribution in [3.63, 3.8) is 0 Å². The highest BCUT2D eigenvalue weighted by Crippen LogP contribution is 2.29. The normalized spacial score (nSPS) is 19.6. The number of carbonyl (C=O) groups is 2. The second-order valence-electron chi connectivity index (χ2n) is 5.28. The second-order valence-corrected chi connectivity index (χ2v) is 7.68. The zero-order valence-corrected chi connectivity index (χ0v) is 14.1. The van der Waals surface area contributed by atoms with Crippen LogP contribution in [0.4, 0.5) is 5.69 Å². The van der Waals surface area contributed by atoms with Crippen molar-refractivity contribution in [2.24, 2.45) is 0 Å². The Morgan fingerprint density at radius 1 is 1.12 bits per heavy atom. The van der Waals surface area contributed by atoms with E-state index >= 15 is 0 Å². The summed E-state index contributed by atoms with van der Waals surface area (Å²) in [6.45, 7) is 0. The van der Waals surface area contributed by atoms with Gasteiger partial charge in [0.05, 0.1) is 4.90 Å². The largest absolute Gasteiger partial charge is 0.324 e. The first-order chi connectivity index (χ1) is 11.3. The molecule has 3 rings (SSSR count). The van der Waals surface area contributed by atoms with Crippen LogP contribution in [0.15, 0.2) is 53.4 Å². The third-order valence-corrected chi connectivity index (χ3v) is 5.91. The van der Waals surface area contributed by atoms with Crippen LogP contribution in [-0.2, 0) is 14.8 Å². The van der Waals surface area contributed by atoms with Gasteiger partial charge < -0.3 is 5.32 Å². The van der Waals surface area contributed by atoms with E-state index in [2.05, 4.69) is 5.32 Å². The smallest absolute Gasteiger partial charge is 0.250 e. The minimum atomic E-state index is -3.92. The van der Waals surface area contributed by atoms with Crippen LogP contribution in [-0.4, -0.2) is 37.5 Å². The molecule has 124 valence electrons. The molecular weight excluding hydrogens is 352 g/mol. The minimum Gasteiger partial charge on any atom is -0.324 e. The summed E-state index contributed by atoms with van der Waals surface area (Å²) in [6.07, 6.45) is 0. The number of ketones is 1. The first-order valence-corrected chi connectivity index (χ1v) is 8.82. The maximum absolute atomic E-state index is 12.6. The molecule has 24 heavy (non-hydrogen) atoms. The lowest BCUT2D eigenvalue weighted by atomic mass is 10.0. The fourth-order valence-corrected chi connectivity index (χ4v) is 4.13. The molecule has 1 aliphatic rings. The molecule has 6 nitrogen and oxygen atoms in total. The molecule has 0 bridgehead atoms. The standard InChI is InChI=1S/C16H13ClN2O4S/c1-19-14(16(21)18-11-8-6-10(17)7-9-11)15(20)12-4-2-3-5-13(12)24(19,22)23/h2-9,14H,1H3,(H,18,21). The third-order valence-electron chi connectivity index (χ3n) is 3.78. The van der Waals surface area contributed by atoms with Crippen molar-refractivity contribution in [2.75, 3.05) is 12.4 Å². The number of carbonyl (C=O) groups excluding carboxylic acids is 2. The molecular formula is C16H13ClN2O4S. The van der Waals surface area contributed by atoms with Gasteiger partial charge in [0.25, 0.3) is 5.91 Å². The van der Waals surface area contributed by atoms with E-state index in [-0.39, 0.29) is 10.5 Å². The topological polar surface area (TPSA) is 83.6 Å². The Kier molecular flexibility index (Phi) is 4.16. The Bertz CT molecular complexity index is 925. The van der Waals surface area contributed by atoms with Crippen molar-refractivity contribution in [3.8, 4) is 0 Å². The van der Waals surface area contributed by atoms with E-state index in [0.717, 1.165) is 4.31 Å². The first-order valence-electron chi connectivity index (χ1n) is 7.00. The molecule has 2 aromatic carbocycles. The van der Waals surface area contributed by atoms with E-state index < -0.39 is 27.8 Å². The van der Waals surface area contributed by atoms with E-state index in [1.165, 1.54) is 25.2 Å². The van der Waals surface area contributed by atoms with Gasteiger partial charge in [0.15, 0.2) is 11.8 Å². The molecule has 2 aromatic rings. The van der Waals surface area contributed by atoms with Crippen molar-refractivity contribution in [1.82, 2.24) is 4.31 Å². The highest BCUT2D eigenvalue weighted by atomic mass is 35.5. The monoisotopic (exact) mass is 364 g/mol. The van der Waals surface area contributed by atoms with Gasteiger partial charge in [0, 0.05) is 23.3 Å². The number of halogens is 1. The van der Waals surface area contributed by atoms with Gasteiger partial charge >= 0.3 is 0 Å². The van der Waals surface area contributed by atoms with E-state index in [1.54, 1.807) is 30.3 Å². The lowest BCUT2D eigenvalue weighted by molar-refractivity contribution is -0.118. The van der Waals surface area contributed by atoms with Gasteiger partial charge in [-0.25, -0.2) is 8.42 Å². The number of nitrogens with one attached hydrogen (secondary N) is 1. The summed E-state index contributed by atoms with van der Waals surface area (Å²) in [7, 11) is -2.70. The number of nitrogens with zero attached hydrogens (tertiary/aromatic N) is 1. The molecule has 0 spiro atoms. The molecule has 1 aliphatic heterocycles. The lowest BCUT2D eigenvalue weighted by Gasteiger charge is -2.30.